The number of nitro benzene ring substituents is 1. The molecular weight excluding hydrogens is 378 g/mol. The van der Waals surface area contributed by atoms with Crippen molar-refractivity contribution in [1.29, 1.82) is 0 Å². The molecule has 26 heavy (non-hydrogen) atoms. The minimum atomic E-state index is -0.532. The Morgan fingerprint density at radius 2 is 2.08 bits per heavy atom. The van der Waals surface area contributed by atoms with Crippen LogP contribution in [0.1, 0.15) is 5.56 Å². The maximum absolute atomic E-state index is 12.7. The zero-order chi connectivity index (χ0) is 18.8. The van der Waals surface area contributed by atoms with Crippen LogP contribution in [0.4, 0.5) is 11.4 Å². The molecule has 7 nitrogen and oxygen atoms in total. The van der Waals surface area contributed by atoms with Crippen molar-refractivity contribution < 1.29 is 14.5 Å². The summed E-state index contributed by atoms with van der Waals surface area (Å²) in [6.07, 6.45) is 1.43. The highest BCUT2D eigenvalue weighted by atomic mass is 35.5. The number of anilines is 1. The lowest BCUT2D eigenvalue weighted by atomic mass is 10.1. The van der Waals surface area contributed by atoms with Gasteiger partial charge in [-0.25, -0.2) is 0 Å². The number of thiocarbonyl (C=S) groups is 1. The molecule has 0 radical (unpaired) electrons. The molecule has 1 aliphatic rings. The van der Waals surface area contributed by atoms with Crippen LogP contribution in [0.15, 0.2) is 48.2 Å². The van der Waals surface area contributed by atoms with Gasteiger partial charge in [-0.2, -0.15) is 0 Å². The zero-order valence-electron chi connectivity index (χ0n) is 13.4. The lowest BCUT2D eigenvalue weighted by Crippen LogP contribution is -2.30. The molecule has 0 spiro atoms. The Kier molecular flexibility index (Phi) is 4.88. The average Bonchev–Trinajstić information content (AvgIpc) is 2.90. The molecule has 0 atom stereocenters. The molecule has 1 N–H and O–H groups in total. The van der Waals surface area contributed by atoms with Crippen LogP contribution in [0.25, 0.3) is 6.08 Å². The number of rotatable bonds is 4. The summed E-state index contributed by atoms with van der Waals surface area (Å²) in [4.78, 5) is 24.5. The predicted octanol–water partition coefficient (Wildman–Crippen LogP) is 3.52. The number of carbonyl (C=O) groups is 1. The molecule has 1 saturated heterocycles. The van der Waals surface area contributed by atoms with E-state index >= 15 is 0 Å². The summed E-state index contributed by atoms with van der Waals surface area (Å²) in [7, 11) is 1.52. The maximum Gasteiger partial charge on any atom is 0.281 e. The smallest absolute Gasteiger partial charge is 0.281 e. The van der Waals surface area contributed by atoms with Gasteiger partial charge in [0, 0.05) is 28.8 Å². The minimum absolute atomic E-state index is 0.126. The van der Waals surface area contributed by atoms with Gasteiger partial charge in [0.1, 0.15) is 11.4 Å². The third-order valence-corrected chi connectivity index (χ3v) is 4.31. The molecule has 0 aromatic heterocycles. The molecule has 0 saturated carbocycles. The van der Waals surface area contributed by atoms with Crippen molar-refractivity contribution in [1.82, 2.24) is 5.32 Å². The van der Waals surface area contributed by atoms with E-state index in [4.69, 9.17) is 28.6 Å². The zero-order valence-corrected chi connectivity index (χ0v) is 15.0. The number of halogens is 1. The standard InChI is InChI=1S/C17H12ClN3O4S/c1-25-13-4-2-3-11(9-13)20-16(22)15(19-17(20)26)8-10-7-12(21(23)24)5-6-14(10)18/h2-9H,1H3,(H,19,26)/b15-8-. The van der Waals surface area contributed by atoms with Gasteiger partial charge in [-0.05, 0) is 36.5 Å². The Morgan fingerprint density at radius 3 is 2.77 bits per heavy atom. The van der Waals surface area contributed by atoms with Crippen molar-refractivity contribution in [2.45, 2.75) is 0 Å². The average molecular weight is 390 g/mol. The highest BCUT2D eigenvalue weighted by molar-refractivity contribution is 7.80. The lowest BCUT2D eigenvalue weighted by molar-refractivity contribution is -0.384. The van der Waals surface area contributed by atoms with Gasteiger partial charge in [-0.1, -0.05) is 17.7 Å². The number of carbonyl (C=O) groups excluding carboxylic acids is 1. The topological polar surface area (TPSA) is 84.7 Å². The normalized spacial score (nSPS) is 15.3. The summed E-state index contributed by atoms with van der Waals surface area (Å²) in [6.45, 7) is 0. The minimum Gasteiger partial charge on any atom is -0.497 e. The van der Waals surface area contributed by atoms with E-state index < -0.39 is 10.8 Å². The Bertz CT molecular complexity index is 961. The van der Waals surface area contributed by atoms with Crippen molar-refractivity contribution in [2.75, 3.05) is 12.0 Å². The van der Waals surface area contributed by atoms with Gasteiger partial charge in [0.15, 0.2) is 5.11 Å². The number of hydrogen-bond donors (Lipinski definition) is 1. The Labute approximate surface area is 159 Å². The van der Waals surface area contributed by atoms with E-state index in [2.05, 4.69) is 5.32 Å². The number of non-ortho nitro benzene ring substituents is 1. The molecule has 2 aromatic rings. The van der Waals surface area contributed by atoms with Crippen molar-refractivity contribution >= 4 is 52.3 Å². The molecule has 1 amide bonds. The highest BCUT2D eigenvalue weighted by Gasteiger charge is 2.32. The summed E-state index contributed by atoms with van der Waals surface area (Å²) < 4.78 is 5.16. The quantitative estimate of drug-likeness (QED) is 0.373. The van der Waals surface area contributed by atoms with Gasteiger partial charge in [0.2, 0.25) is 0 Å². The molecule has 9 heteroatoms. The van der Waals surface area contributed by atoms with Gasteiger partial charge >= 0.3 is 0 Å². The first-order chi connectivity index (χ1) is 12.4. The molecule has 1 aliphatic heterocycles. The maximum atomic E-state index is 12.7. The van der Waals surface area contributed by atoms with Crippen LogP contribution in [0, 0.1) is 10.1 Å². The largest absolute Gasteiger partial charge is 0.497 e. The number of methoxy groups -OCH3 is 1. The van der Waals surface area contributed by atoms with Gasteiger partial charge in [0.05, 0.1) is 17.7 Å². The van der Waals surface area contributed by atoms with Crippen molar-refractivity contribution in [2.24, 2.45) is 0 Å². The number of hydrogen-bond acceptors (Lipinski definition) is 5. The monoisotopic (exact) mass is 389 g/mol. The number of nitrogens with zero attached hydrogens (tertiary/aromatic N) is 2. The van der Waals surface area contributed by atoms with Gasteiger partial charge in [0.25, 0.3) is 11.6 Å². The molecule has 132 valence electrons. The van der Waals surface area contributed by atoms with Crippen molar-refractivity contribution in [3.63, 3.8) is 0 Å². The van der Waals surface area contributed by atoms with Gasteiger partial charge in [-0.15, -0.1) is 0 Å². The highest BCUT2D eigenvalue weighted by Crippen LogP contribution is 2.28. The van der Waals surface area contributed by atoms with Crippen LogP contribution in [0.3, 0.4) is 0 Å². The first-order valence-electron chi connectivity index (χ1n) is 7.36. The number of ether oxygens (including phenoxy) is 1. The van der Waals surface area contributed by atoms with Crippen LogP contribution in [0.2, 0.25) is 5.02 Å². The molecule has 1 fully saturated rings. The molecule has 1 heterocycles. The Balaban J connectivity index is 1.97. The number of nitro groups is 1. The third-order valence-electron chi connectivity index (χ3n) is 3.68. The number of benzene rings is 2. The van der Waals surface area contributed by atoms with Crippen molar-refractivity contribution in [3.8, 4) is 5.75 Å². The van der Waals surface area contributed by atoms with E-state index in [1.165, 1.54) is 36.3 Å². The number of amides is 1. The van der Waals surface area contributed by atoms with E-state index in [1.54, 1.807) is 24.3 Å². The van der Waals surface area contributed by atoms with Gasteiger partial charge in [-0.3, -0.25) is 19.8 Å². The fraction of sp³-hybridized carbons (Fsp3) is 0.0588. The molecule has 0 unspecified atom stereocenters. The first-order valence-corrected chi connectivity index (χ1v) is 8.14. The van der Waals surface area contributed by atoms with E-state index in [-0.39, 0.29) is 21.5 Å². The fourth-order valence-corrected chi connectivity index (χ4v) is 2.90. The number of nitrogens with one attached hydrogen (secondary N) is 1. The van der Waals surface area contributed by atoms with E-state index in [0.717, 1.165) is 0 Å². The van der Waals surface area contributed by atoms with Crippen LogP contribution in [-0.4, -0.2) is 23.1 Å². The lowest BCUT2D eigenvalue weighted by Gasteiger charge is -2.14. The fourth-order valence-electron chi connectivity index (χ4n) is 2.43. The molecule has 0 aliphatic carbocycles. The Morgan fingerprint density at radius 1 is 1.31 bits per heavy atom. The van der Waals surface area contributed by atoms with E-state index in [1.807, 2.05) is 0 Å². The second-order valence-corrected chi connectivity index (χ2v) is 6.09. The summed E-state index contributed by atoms with van der Waals surface area (Å²) in [5.41, 5.74) is 0.923. The third kappa shape index (κ3) is 3.37. The van der Waals surface area contributed by atoms with Crippen LogP contribution in [-0.2, 0) is 4.79 Å². The summed E-state index contributed by atoms with van der Waals surface area (Å²) >= 11 is 11.3. The van der Waals surface area contributed by atoms with Crippen LogP contribution < -0.4 is 15.0 Å². The van der Waals surface area contributed by atoms with Crippen LogP contribution >= 0.6 is 23.8 Å². The van der Waals surface area contributed by atoms with Crippen LogP contribution in [0.5, 0.6) is 5.75 Å². The molecule has 3 rings (SSSR count). The summed E-state index contributed by atoms with van der Waals surface area (Å²) in [6, 6.07) is 10.9. The van der Waals surface area contributed by atoms with Gasteiger partial charge < -0.3 is 10.1 Å². The summed E-state index contributed by atoms with van der Waals surface area (Å²) in [5.74, 6) is 0.183. The second kappa shape index (κ2) is 7.11. The summed E-state index contributed by atoms with van der Waals surface area (Å²) in [5, 5.41) is 14.2. The Hall–Kier alpha value is -2.97. The van der Waals surface area contributed by atoms with Crippen molar-refractivity contribution in [3.05, 3.63) is 68.9 Å². The molecule has 2 aromatic carbocycles. The van der Waals surface area contributed by atoms with E-state index in [0.29, 0.717) is 17.0 Å². The molecular formula is C17H12ClN3O4S. The second-order valence-electron chi connectivity index (χ2n) is 5.29. The SMILES string of the molecule is COc1cccc(N2C(=O)/C(=C/c3cc([N+](=O)[O-])ccc3Cl)NC2=S)c1. The predicted molar refractivity (Wildman–Crippen MR) is 102 cm³/mol. The molecule has 0 bridgehead atoms. The van der Waals surface area contributed by atoms with E-state index in [9.17, 15) is 14.9 Å². The first kappa shape index (κ1) is 17.8.